The van der Waals surface area contributed by atoms with E-state index in [-0.39, 0.29) is 0 Å². The van der Waals surface area contributed by atoms with Gasteiger partial charge in [-0.05, 0) is 101 Å². The molecule has 25 heavy (non-hydrogen) atoms. The predicted molar refractivity (Wildman–Crippen MR) is 111 cm³/mol. The van der Waals surface area contributed by atoms with Gasteiger partial charge in [-0.1, -0.05) is 12.1 Å². The molecule has 0 aliphatic rings. The SMILES string of the molecule is CCc1cc(OCC=C(Br)Br)cc(C)c1OCCCCON=C(C)C. The maximum Gasteiger partial charge on any atom is 0.125 e. The molecule has 0 aromatic heterocycles. The first-order chi connectivity index (χ1) is 11.9. The molecule has 0 bridgehead atoms. The normalized spacial score (nSPS) is 10.2. The minimum atomic E-state index is 0.508. The molecule has 0 aliphatic heterocycles. The summed E-state index contributed by atoms with van der Waals surface area (Å²) in [6.07, 6.45) is 4.67. The van der Waals surface area contributed by atoms with E-state index in [4.69, 9.17) is 14.3 Å². The van der Waals surface area contributed by atoms with Crippen molar-refractivity contribution >= 4 is 37.6 Å². The summed E-state index contributed by atoms with van der Waals surface area (Å²) >= 11 is 6.64. The maximum atomic E-state index is 6.01. The summed E-state index contributed by atoms with van der Waals surface area (Å²) < 4.78 is 12.7. The zero-order chi connectivity index (χ0) is 18.7. The van der Waals surface area contributed by atoms with Crippen LogP contribution in [-0.4, -0.2) is 25.5 Å². The van der Waals surface area contributed by atoms with E-state index in [1.54, 1.807) is 0 Å². The van der Waals surface area contributed by atoms with Crippen molar-refractivity contribution in [2.75, 3.05) is 19.8 Å². The Balaban J connectivity index is 2.53. The zero-order valence-corrected chi connectivity index (χ0v) is 18.6. The van der Waals surface area contributed by atoms with Crippen molar-refractivity contribution in [2.45, 2.75) is 47.0 Å². The van der Waals surface area contributed by atoms with Crippen LogP contribution < -0.4 is 9.47 Å². The molecule has 1 aromatic rings. The van der Waals surface area contributed by atoms with E-state index < -0.39 is 0 Å². The van der Waals surface area contributed by atoms with Gasteiger partial charge in [0, 0.05) is 0 Å². The van der Waals surface area contributed by atoms with Crippen molar-refractivity contribution in [3.05, 3.63) is 32.7 Å². The molecule has 1 rings (SSSR count). The van der Waals surface area contributed by atoms with Crippen molar-refractivity contribution in [1.29, 1.82) is 0 Å². The quantitative estimate of drug-likeness (QED) is 0.219. The molecule has 0 aliphatic carbocycles. The van der Waals surface area contributed by atoms with Crippen LogP contribution in [0, 0.1) is 6.92 Å². The molecule has 0 radical (unpaired) electrons. The molecular formula is C19H27Br2NO3. The molecule has 0 atom stereocenters. The van der Waals surface area contributed by atoms with Gasteiger partial charge in [0.15, 0.2) is 0 Å². The minimum absolute atomic E-state index is 0.508. The molecule has 0 heterocycles. The third-order valence-corrected chi connectivity index (χ3v) is 3.96. The monoisotopic (exact) mass is 475 g/mol. The van der Waals surface area contributed by atoms with Gasteiger partial charge in [0.2, 0.25) is 0 Å². The summed E-state index contributed by atoms with van der Waals surface area (Å²) in [5.74, 6) is 1.83. The second-order valence-corrected chi connectivity index (χ2v) is 8.59. The molecule has 6 heteroatoms. The van der Waals surface area contributed by atoms with Crippen molar-refractivity contribution < 1.29 is 14.3 Å². The Bertz CT molecular complexity index is 593. The number of hydrogen-bond donors (Lipinski definition) is 0. The number of aryl methyl sites for hydroxylation is 2. The van der Waals surface area contributed by atoms with E-state index in [1.165, 1.54) is 5.56 Å². The van der Waals surface area contributed by atoms with Crippen LogP contribution in [0.2, 0.25) is 0 Å². The Morgan fingerprint density at radius 1 is 1.12 bits per heavy atom. The lowest BCUT2D eigenvalue weighted by atomic mass is 10.1. The number of unbranched alkanes of at least 4 members (excludes halogenated alkanes) is 1. The highest BCUT2D eigenvalue weighted by molar-refractivity contribution is 9.28. The van der Waals surface area contributed by atoms with E-state index in [0.717, 1.165) is 45.4 Å². The van der Waals surface area contributed by atoms with Crippen LogP contribution in [-0.2, 0) is 11.3 Å². The lowest BCUT2D eigenvalue weighted by molar-refractivity contribution is 0.135. The van der Waals surface area contributed by atoms with Crippen molar-refractivity contribution in [3.8, 4) is 11.5 Å². The topological polar surface area (TPSA) is 40.0 Å². The highest BCUT2D eigenvalue weighted by atomic mass is 79.9. The molecule has 0 unspecified atom stereocenters. The van der Waals surface area contributed by atoms with Gasteiger partial charge in [-0.25, -0.2) is 0 Å². The fraction of sp³-hybridized carbons (Fsp3) is 0.526. The third kappa shape index (κ3) is 9.31. The first kappa shape index (κ1) is 22.0. The molecule has 1 aromatic carbocycles. The van der Waals surface area contributed by atoms with Crippen molar-refractivity contribution in [1.82, 2.24) is 0 Å². The Labute approximate surface area is 167 Å². The molecule has 0 N–H and O–H groups in total. The Kier molecular flexibility index (Phi) is 10.9. The summed E-state index contributed by atoms with van der Waals surface area (Å²) in [6, 6.07) is 4.08. The lowest BCUT2D eigenvalue weighted by Gasteiger charge is -2.15. The first-order valence-corrected chi connectivity index (χ1v) is 10.1. The molecule has 0 saturated carbocycles. The largest absolute Gasteiger partial charge is 0.493 e. The van der Waals surface area contributed by atoms with Gasteiger partial charge in [0.1, 0.15) is 24.7 Å². The van der Waals surface area contributed by atoms with E-state index in [0.29, 0.717) is 19.8 Å². The number of benzene rings is 1. The van der Waals surface area contributed by atoms with Crippen LogP contribution in [0.4, 0.5) is 0 Å². The van der Waals surface area contributed by atoms with Crippen LogP contribution in [0.25, 0.3) is 0 Å². The first-order valence-electron chi connectivity index (χ1n) is 8.47. The summed E-state index contributed by atoms with van der Waals surface area (Å²) in [5, 5.41) is 3.92. The van der Waals surface area contributed by atoms with Gasteiger partial charge in [0.05, 0.1) is 15.7 Å². The van der Waals surface area contributed by atoms with E-state index in [2.05, 4.69) is 56.9 Å². The number of hydrogen-bond acceptors (Lipinski definition) is 4. The van der Waals surface area contributed by atoms with Crippen LogP contribution >= 0.6 is 31.9 Å². The van der Waals surface area contributed by atoms with Crippen LogP contribution in [0.3, 0.4) is 0 Å². The lowest BCUT2D eigenvalue weighted by Crippen LogP contribution is -2.04. The Hall–Kier alpha value is -1.01. The highest BCUT2D eigenvalue weighted by Gasteiger charge is 2.09. The highest BCUT2D eigenvalue weighted by Crippen LogP contribution is 2.30. The Morgan fingerprint density at radius 2 is 1.84 bits per heavy atom. The average Bonchev–Trinajstić information content (AvgIpc) is 2.54. The molecule has 0 spiro atoms. The second-order valence-electron chi connectivity index (χ2n) is 5.81. The molecule has 4 nitrogen and oxygen atoms in total. The smallest absolute Gasteiger partial charge is 0.125 e. The second kappa shape index (κ2) is 12.4. The van der Waals surface area contributed by atoms with Gasteiger partial charge >= 0.3 is 0 Å². The minimum Gasteiger partial charge on any atom is -0.493 e. The fourth-order valence-corrected chi connectivity index (χ4v) is 2.45. The summed E-state index contributed by atoms with van der Waals surface area (Å²) in [6.45, 7) is 9.82. The van der Waals surface area contributed by atoms with Gasteiger partial charge in [-0.3, -0.25) is 0 Å². The van der Waals surface area contributed by atoms with Crippen LogP contribution in [0.15, 0.2) is 26.8 Å². The molecule has 0 saturated heterocycles. The third-order valence-electron chi connectivity index (χ3n) is 3.32. The van der Waals surface area contributed by atoms with Crippen LogP contribution in [0.5, 0.6) is 11.5 Å². The number of oxime groups is 1. The summed E-state index contributed by atoms with van der Waals surface area (Å²) in [5.41, 5.74) is 3.19. The van der Waals surface area contributed by atoms with Gasteiger partial charge in [-0.2, -0.15) is 0 Å². The van der Waals surface area contributed by atoms with Crippen molar-refractivity contribution in [2.24, 2.45) is 5.16 Å². The van der Waals surface area contributed by atoms with Crippen LogP contribution in [0.1, 0.15) is 44.7 Å². The standard InChI is InChI=1S/C19H27Br2NO3/c1-5-16-13-17(23-11-8-18(20)21)12-15(4)19(16)24-9-6-7-10-25-22-14(2)3/h8,12-13H,5-7,9-11H2,1-4H3. The fourth-order valence-electron chi connectivity index (χ4n) is 2.18. The number of halogens is 2. The molecule has 140 valence electrons. The van der Waals surface area contributed by atoms with E-state index in [9.17, 15) is 0 Å². The van der Waals surface area contributed by atoms with Gasteiger partial charge < -0.3 is 14.3 Å². The summed E-state index contributed by atoms with van der Waals surface area (Å²) in [7, 11) is 0. The van der Waals surface area contributed by atoms with Crippen molar-refractivity contribution in [3.63, 3.8) is 0 Å². The summed E-state index contributed by atoms with van der Waals surface area (Å²) in [4.78, 5) is 5.19. The number of ether oxygens (including phenoxy) is 2. The van der Waals surface area contributed by atoms with Gasteiger partial charge in [0.25, 0.3) is 0 Å². The Morgan fingerprint density at radius 3 is 2.48 bits per heavy atom. The maximum absolute atomic E-state index is 6.01. The van der Waals surface area contributed by atoms with E-state index in [1.807, 2.05) is 26.0 Å². The number of nitrogens with zero attached hydrogens (tertiary/aromatic N) is 1. The number of rotatable bonds is 11. The molecule has 0 fully saturated rings. The van der Waals surface area contributed by atoms with Gasteiger partial charge in [-0.15, -0.1) is 0 Å². The average molecular weight is 477 g/mol. The molecular weight excluding hydrogens is 450 g/mol. The van der Waals surface area contributed by atoms with E-state index >= 15 is 0 Å². The zero-order valence-electron chi connectivity index (χ0n) is 15.4. The molecule has 0 amide bonds. The predicted octanol–water partition coefficient (Wildman–Crippen LogP) is 6.14.